The number of hydrogen-bond acceptors (Lipinski definition) is 15. The van der Waals surface area contributed by atoms with Crippen LogP contribution in [0.1, 0.15) is 0 Å². The molecule has 3 heterocycles. The minimum atomic E-state index is -1.75. The van der Waals surface area contributed by atoms with E-state index in [2.05, 4.69) is 0 Å². The molecular weight excluding hydrogens is 540 g/mol. The smallest absolute Gasteiger partial charge is 0.229 e. The highest BCUT2D eigenvalue weighted by Gasteiger charge is 2.47. The zero-order valence-electron chi connectivity index (χ0n) is 20.4. The Labute approximate surface area is 223 Å². The van der Waals surface area contributed by atoms with Crippen LogP contribution in [-0.4, -0.2) is 108 Å². The van der Waals surface area contributed by atoms with E-state index in [1.807, 2.05) is 0 Å². The third-order valence-corrected chi connectivity index (χ3v) is 6.61. The van der Waals surface area contributed by atoms with Gasteiger partial charge in [0.2, 0.25) is 12.0 Å². The monoisotopic (exact) mass is 566 g/mol. The van der Waals surface area contributed by atoms with Gasteiger partial charge in [-0.1, -0.05) is 0 Å². The molecule has 15 nitrogen and oxygen atoms in total. The number of ether oxygens (including phenoxy) is 4. The van der Waals surface area contributed by atoms with E-state index >= 15 is 0 Å². The summed E-state index contributed by atoms with van der Waals surface area (Å²) in [6.07, 6.45) is -12.7. The summed E-state index contributed by atoms with van der Waals surface area (Å²) in [5, 5.41) is 90.6. The Balaban J connectivity index is 1.48. The maximum absolute atomic E-state index is 12.8. The van der Waals surface area contributed by atoms with Gasteiger partial charge in [0.25, 0.3) is 0 Å². The van der Waals surface area contributed by atoms with Gasteiger partial charge in [-0.2, -0.15) is 0 Å². The molecule has 2 aromatic carbocycles. The second kappa shape index (κ2) is 10.7. The van der Waals surface area contributed by atoms with Crippen molar-refractivity contribution in [2.75, 3.05) is 13.2 Å². The zero-order valence-corrected chi connectivity index (χ0v) is 20.4. The Hall–Kier alpha value is -3.67. The Kier molecular flexibility index (Phi) is 7.47. The lowest BCUT2D eigenvalue weighted by molar-refractivity contribution is -0.332. The van der Waals surface area contributed by atoms with Gasteiger partial charge < -0.3 is 69.3 Å². The third-order valence-electron chi connectivity index (χ3n) is 6.61. The molecule has 2 saturated heterocycles. The van der Waals surface area contributed by atoms with Crippen molar-refractivity contribution in [3.63, 3.8) is 0 Å². The number of aliphatic hydroxyl groups excluding tert-OH is 5. The minimum absolute atomic E-state index is 0.0679. The van der Waals surface area contributed by atoms with Crippen LogP contribution in [0.4, 0.5) is 0 Å². The number of aliphatic hydroxyl groups is 5. The molecular formula is C25H26O15. The number of benzene rings is 2. The number of fused-ring (bicyclic) bond motifs is 1. The summed E-state index contributed by atoms with van der Waals surface area (Å²) < 4.78 is 27.5. The molecule has 0 saturated carbocycles. The molecule has 40 heavy (non-hydrogen) atoms. The first-order chi connectivity index (χ1) is 19.0. The molecule has 3 aromatic rings. The van der Waals surface area contributed by atoms with Gasteiger partial charge in [0.1, 0.15) is 47.2 Å². The van der Waals surface area contributed by atoms with Gasteiger partial charge in [-0.05, 0) is 18.2 Å². The van der Waals surface area contributed by atoms with Crippen molar-refractivity contribution in [2.45, 2.75) is 49.2 Å². The number of phenolic OH excluding ortho intramolecular Hbond substituents is 4. The van der Waals surface area contributed by atoms with Crippen LogP contribution in [0, 0.1) is 0 Å². The van der Waals surface area contributed by atoms with E-state index in [1.165, 1.54) is 12.1 Å². The van der Waals surface area contributed by atoms with Gasteiger partial charge in [0.05, 0.1) is 13.2 Å². The summed E-state index contributed by atoms with van der Waals surface area (Å²) in [7, 11) is 0. The summed E-state index contributed by atoms with van der Waals surface area (Å²) in [4.78, 5) is 12.8. The molecule has 15 heteroatoms. The molecule has 2 aliphatic heterocycles. The SMILES string of the molecule is O=c1cc(-c2ccc(O)c(O)c2)oc2cc(O[C@H]3OC[C@H](O)[C@@H](O)[C@H]3O[C@H]3OC[C@H](O)[C@@H](O)[C@H]3O)c(O)c(O)c12. The molecule has 0 unspecified atom stereocenters. The van der Waals surface area contributed by atoms with Crippen LogP contribution >= 0.6 is 0 Å². The Morgan fingerprint density at radius 2 is 1.43 bits per heavy atom. The van der Waals surface area contributed by atoms with E-state index < -0.39 is 102 Å². The van der Waals surface area contributed by atoms with Crippen LogP contribution in [0.3, 0.4) is 0 Å². The second-order valence-electron chi connectivity index (χ2n) is 9.35. The summed E-state index contributed by atoms with van der Waals surface area (Å²) in [5.41, 5.74) is -0.831. The van der Waals surface area contributed by atoms with Gasteiger partial charge in [0.15, 0.2) is 40.8 Å². The van der Waals surface area contributed by atoms with E-state index in [0.29, 0.717) is 0 Å². The molecule has 216 valence electrons. The highest BCUT2D eigenvalue weighted by atomic mass is 16.7. The van der Waals surface area contributed by atoms with Gasteiger partial charge in [-0.25, -0.2) is 0 Å². The predicted octanol–water partition coefficient (Wildman–Crippen LogP) is -1.44. The number of aromatic hydroxyl groups is 4. The first-order valence-electron chi connectivity index (χ1n) is 12.0. The van der Waals surface area contributed by atoms with E-state index in [-0.39, 0.29) is 16.9 Å². The zero-order chi connectivity index (χ0) is 28.9. The minimum Gasteiger partial charge on any atom is -0.504 e. The first kappa shape index (κ1) is 27.9. The first-order valence-corrected chi connectivity index (χ1v) is 12.0. The summed E-state index contributed by atoms with van der Waals surface area (Å²) in [6, 6.07) is 5.71. The lowest BCUT2D eigenvalue weighted by Gasteiger charge is -2.42. The lowest BCUT2D eigenvalue weighted by Crippen LogP contribution is -2.61. The molecule has 8 atom stereocenters. The standard InChI is InChI=1S/C25H26O15/c26-9-2-1-8(3-10(9)27)14-4-11(28)17-15(38-14)5-16(20(33)21(17)34)39-25-23(19(32)13(30)7-37-25)40-24-22(35)18(31)12(29)6-36-24/h1-5,12-13,18-19,22-27,29-35H,6-7H2/t12-,13-,18+,19+,22+,23+,24+,25+/m0/s1. The quantitative estimate of drug-likeness (QED) is 0.160. The van der Waals surface area contributed by atoms with Crippen molar-refractivity contribution < 1.29 is 69.3 Å². The second-order valence-corrected chi connectivity index (χ2v) is 9.35. The lowest BCUT2D eigenvalue weighted by atomic mass is 10.0. The molecule has 0 aliphatic carbocycles. The van der Waals surface area contributed by atoms with Gasteiger partial charge in [-0.3, -0.25) is 4.79 Å². The summed E-state index contributed by atoms with van der Waals surface area (Å²) in [5.74, 6) is -3.25. The molecule has 1 aromatic heterocycles. The van der Waals surface area contributed by atoms with E-state index in [0.717, 1.165) is 18.2 Å². The van der Waals surface area contributed by atoms with Crippen LogP contribution in [0.5, 0.6) is 28.7 Å². The van der Waals surface area contributed by atoms with Crippen LogP contribution in [0.15, 0.2) is 39.5 Å². The number of rotatable bonds is 5. The van der Waals surface area contributed by atoms with E-state index in [4.69, 9.17) is 23.4 Å². The summed E-state index contributed by atoms with van der Waals surface area (Å²) in [6.45, 7) is -0.870. The third kappa shape index (κ3) is 5.00. The molecule has 0 bridgehead atoms. The van der Waals surface area contributed by atoms with Crippen LogP contribution in [0.2, 0.25) is 0 Å². The van der Waals surface area contributed by atoms with Gasteiger partial charge in [-0.15, -0.1) is 0 Å². The van der Waals surface area contributed by atoms with Crippen molar-refractivity contribution >= 4 is 11.0 Å². The number of phenols is 4. The van der Waals surface area contributed by atoms with Gasteiger partial charge >= 0.3 is 0 Å². The fourth-order valence-electron chi connectivity index (χ4n) is 4.37. The van der Waals surface area contributed by atoms with Crippen molar-refractivity contribution in [1.29, 1.82) is 0 Å². The topological polar surface area (TPSA) is 249 Å². The molecule has 5 rings (SSSR count). The van der Waals surface area contributed by atoms with Crippen LogP contribution < -0.4 is 10.2 Å². The van der Waals surface area contributed by atoms with Crippen molar-refractivity contribution in [3.8, 4) is 40.1 Å². The van der Waals surface area contributed by atoms with Crippen molar-refractivity contribution in [1.82, 2.24) is 0 Å². The fourth-order valence-corrected chi connectivity index (χ4v) is 4.37. The Bertz CT molecular complexity index is 1450. The Morgan fingerprint density at radius 3 is 2.12 bits per heavy atom. The largest absolute Gasteiger partial charge is 0.504 e. The van der Waals surface area contributed by atoms with E-state index in [9.17, 15) is 50.8 Å². The maximum atomic E-state index is 12.8. The maximum Gasteiger partial charge on any atom is 0.229 e. The molecule has 9 N–H and O–H groups in total. The highest BCUT2D eigenvalue weighted by molar-refractivity contribution is 5.89. The molecule has 2 aliphatic rings. The molecule has 0 amide bonds. The average Bonchev–Trinajstić information content (AvgIpc) is 2.92. The van der Waals surface area contributed by atoms with Crippen LogP contribution in [0.25, 0.3) is 22.3 Å². The van der Waals surface area contributed by atoms with E-state index in [1.54, 1.807) is 0 Å². The molecule has 2 fully saturated rings. The highest BCUT2D eigenvalue weighted by Crippen LogP contribution is 2.43. The fraction of sp³-hybridized carbons (Fsp3) is 0.400. The molecule has 0 spiro atoms. The molecule has 0 radical (unpaired) electrons. The summed E-state index contributed by atoms with van der Waals surface area (Å²) >= 11 is 0. The Morgan fingerprint density at radius 1 is 0.750 bits per heavy atom. The van der Waals surface area contributed by atoms with Crippen molar-refractivity contribution in [3.05, 3.63) is 40.6 Å². The van der Waals surface area contributed by atoms with Crippen molar-refractivity contribution in [2.24, 2.45) is 0 Å². The van der Waals surface area contributed by atoms with Gasteiger partial charge in [0, 0.05) is 17.7 Å². The average molecular weight is 566 g/mol. The predicted molar refractivity (Wildman–Crippen MR) is 130 cm³/mol. The van der Waals surface area contributed by atoms with Crippen LogP contribution in [-0.2, 0) is 14.2 Å². The normalized spacial score (nSPS) is 30.8. The number of hydrogen-bond donors (Lipinski definition) is 9.